The average molecular weight is 472 g/mol. The van der Waals surface area contributed by atoms with Crippen LogP contribution in [0.4, 0.5) is 19.3 Å². The third kappa shape index (κ3) is 6.78. The van der Waals surface area contributed by atoms with Gasteiger partial charge in [-0.2, -0.15) is 14.0 Å². The Bertz CT molecular complexity index is 1100. The molecule has 0 bridgehead atoms. The van der Waals surface area contributed by atoms with Gasteiger partial charge in [-0.05, 0) is 59.8 Å². The Hall–Kier alpha value is -3.91. The van der Waals surface area contributed by atoms with Crippen LogP contribution in [-0.2, 0) is 9.59 Å². The maximum Gasteiger partial charge on any atom is 0.387 e. The molecule has 1 aliphatic rings. The second kappa shape index (κ2) is 11.1. The summed E-state index contributed by atoms with van der Waals surface area (Å²) < 4.78 is 28.7. The molecule has 2 aromatic carbocycles. The molecule has 33 heavy (non-hydrogen) atoms. The van der Waals surface area contributed by atoms with Crippen LogP contribution in [0.5, 0.6) is 5.75 Å². The zero-order valence-corrected chi connectivity index (χ0v) is 17.9. The van der Waals surface area contributed by atoms with Gasteiger partial charge < -0.3 is 15.4 Å². The van der Waals surface area contributed by atoms with E-state index >= 15 is 0 Å². The summed E-state index contributed by atoms with van der Waals surface area (Å²) in [5.74, 6) is -0.837. The van der Waals surface area contributed by atoms with Crippen molar-refractivity contribution in [3.8, 4) is 11.8 Å². The number of thioether (sulfide) groups is 1. The van der Waals surface area contributed by atoms with Crippen molar-refractivity contribution in [2.45, 2.75) is 6.61 Å². The van der Waals surface area contributed by atoms with E-state index in [1.165, 1.54) is 30.3 Å². The molecule has 0 aromatic heterocycles. The fourth-order valence-corrected chi connectivity index (χ4v) is 3.67. The number of carbonyl (C=O) groups excluding carboxylic acids is 3. The number of ether oxygens (including phenoxy) is 1. The SMILES string of the molecule is N#Cc1ccc(NCC(=O)NCCN2C(=O)S/C(=C\c3ccc(OC(F)F)cc3)C2=O)cc1. The number of hydrogen-bond donors (Lipinski definition) is 2. The second-order valence-electron chi connectivity index (χ2n) is 6.67. The summed E-state index contributed by atoms with van der Waals surface area (Å²) in [6.45, 7) is -2.86. The second-order valence-corrected chi connectivity index (χ2v) is 7.67. The first kappa shape index (κ1) is 23.7. The molecule has 1 aliphatic heterocycles. The topological polar surface area (TPSA) is 112 Å². The van der Waals surface area contributed by atoms with E-state index in [9.17, 15) is 23.2 Å². The molecular formula is C22H18F2N4O4S. The standard InChI is InChI=1S/C22H18F2N4O4S/c23-21(24)32-17-7-3-14(4-8-17)11-18-20(30)28(22(31)33-18)10-9-26-19(29)13-27-16-5-1-15(12-25)2-6-16/h1-8,11,21,27H,9-10,13H2,(H,26,29)/b18-11-. The molecule has 0 atom stereocenters. The molecule has 1 heterocycles. The highest BCUT2D eigenvalue weighted by molar-refractivity contribution is 8.18. The summed E-state index contributed by atoms with van der Waals surface area (Å²) >= 11 is 0.760. The van der Waals surface area contributed by atoms with E-state index in [4.69, 9.17) is 5.26 Å². The van der Waals surface area contributed by atoms with Crippen LogP contribution in [0.2, 0.25) is 0 Å². The maximum atomic E-state index is 12.5. The minimum Gasteiger partial charge on any atom is -0.435 e. The van der Waals surface area contributed by atoms with E-state index in [-0.39, 0.29) is 36.2 Å². The van der Waals surface area contributed by atoms with Crippen LogP contribution in [0, 0.1) is 11.3 Å². The Morgan fingerprint density at radius 3 is 2.48 bits per heavy atom. The molecule has 0 unspecified atom stereocenters. The molecule has 0 radical (unpaired) electrons. The third-order valence-electron chi connectivity index (χ3n) is 4.40. The highest BCUT2D eigenvalue weighted by atomic mass is 32.2. The van der Waals surface area contributed by atoms with Crippen molar-refractivity contribution < 1.29 is 27.9 Å². The Morgan fingerprint density at radius 2 is 1.85 bits per heavy atom. The number of nitrogens with one attached hydrogen (secondary N) is 2. The fourth-order valence-electron chi connectivity index (χ4n) is 2.80. The van der Waals surface area contributed by atoms with Crippen molar-refractivity contribution in [2.24, 2.45) is 0 Å². The Kier molecular flexibility index (Phi) is 7.99. The summed E-state index contributed by atoms with van der Waals surface area (Å²) in [5.41, 5.74) is 1.73. The number of anilines is 1. The normalized spacial score (nSPS) is 14.5. The lowest BCUT2D eigenvalue weighted by molar-refractivity contribution is -0.123. The summed E-state index contributed by atoms with van der Waals surface area (Å²) in [4.78, 5) is 37.9. The van der Waals surface area contributed by atoms with Crippen LogP contribution in [-0.4, -0.2) is 48.2 Å². The van der Waals surface area contributed by atoms with E-state index in [0.29, 0.717) is 16.8 Å². The van der Waals surface area contributed by atoms with E-state index in [1.54, 1.807) is 24.3 Å². The number of carbonyl (C=O) groups is 3. The van der Waals surface area contributed by atoms with Gasteiger partial charge in [0, 0.05) is 18.8 Å². The van der Waals surface area contributed by atoms with E-state index in [0.717, 1.165) is 16.7 Å². The number of hydrogen-bond acceptors (Lipinski definition) is 7. The quantitative estimate of drug-likeness (QED) is 0.538. The van der Waals surface area contributed by atoms with Gasteiger partial charge in [-0.3, -0.25) is 19.3 Å². The minimum atomic E-state index is -2.93. The molecule has 2 N–H and O–H groups in total. The molecule has 11 heteroatoms. The van der Waals surface area contributed by atoms with Gasteiger partial charge in [0.25, 0.3) is 11.1 Å². The summed E-state index contributed by atoms with van der Waals surface area (Å²) in [7, 11) is 0. The van der Waals surface area contributed by atoms with Gasteiger partial charge >= 0.3 is 6.61 Å². The first-order valence-electron chi connectivity index (χ1n) is 9.66. The first-order valence-corrected chi connectivity index (χ1v) is 10.5. The van der Waals surface area contributed by atoms with Gasteiger partial charge in [0.05, 0.1) is 23.1 Å². The number of imide groups is 1. The number of alkyl halides is 2. The number of rotatable bonds is 9. The zero-order valence-electron chi connectivity index (χ0n) is 17.1. The molecule has 3 amide bonds. The van der Waals surface area contributed by atoms with Gasteiger partial charge in [0.15, 0.2) is 0 Å². The van der Waals surface area contributed by atoms with Gasteiger partial charge in [0.1, 0.15) is 5.75 Å². The van der Waals surface area contributed by atoms with Crippen LogP contribution in [0.25, 0.3) is 6.08 Å². The van der Waals surface area contributed by atoms with Gasteiger partial charge in [-0.1, -0.05) is 12.1 Å². The number of benzene rings is 2. The summed E-state index contributed by atoms with van der Waals surface area (Å²) in [6.07, 6.45) is 1.48. The summed E-state index contributed by atoms with van der Waals surface area (Å²) in [5, 5.41) is 13.8. The predicted molar refractivity (Wildman–Crippen MR) is 118 cm³/mol. The Balaban J connectivity index is 1.47. The van der Waals surface area contributed by atoms with Crippen LogP contribution in [0.1, 0.15) is 11.1 Å². The molecule has 0 aliphatic carbocycles. The number of nitriles is 1. The average Bonchev–Trinajstić information content (AvgIpc) is 3.06. The Morgan fingerprint density at radius 1 is 1.15 bits per heavy atom. The van der Waals surface area contributed by atoms with Crippen LogP contribution in [0.3, 0.4) is 0 Å². The number of halogens is 2. The van der Waals surface area contributed by atoms with Gasteiger partial charge in [0.2, 0.25) is 5.91 Å². The molecule has 1 fully saturated rings. The molecule has 0 spiro atoms. The van der Waals surface area contributed by atoms with E-state index in [2.05, 4.69) is 15.4 Å². The van der Waals surface area contributed by atoms with Crippen molar-refractivity contribution in [3.05, 3.63) is 64.6 Å². The van der Waals surface area contributed by atoms with Gasteiger partial charge in [-0.25, -0.2) is 0 Å². The van der Waals surface area contributed by atoms with E-state index in [1.807, 2.05) is 6.07 Å². The van der Waals surface area contributed by atoms with Crippen molar-refractivity contribution >= 4 is 40.6 Å². The molecule has 2 aromatic rings. The third-order valence-corrected chi connectivity index (χ3v) is 5.31. The van der Waals surface area contributed by atoms with Crippen molar-refractivity contribution in [2.75, 3.05) is 25.0 Å². The lowest BCUT2D eigenvalue weighted by atomic mass is 10.2. The molecule has 8 nitrogen and oxygen atoms in total. The largest absolute Gasteiger partial charge is 0.435 e. The lowest BCUT2D eigenvalue weighted by Gasteiger charge is -2.13. The highest BCUT2D eigenvalue weighted by Gasteiger charge is 2.34. The Labute approximate surface area is 192 Å². The van der Waals surface area contributed by atoms with Crippen molar-refractivity contribution in [1.29, 1.82) is 5.26 Å². The molecule has 0 saturated carbocycles. The molecule has 170 valence electrons. The molecule has 3 rings (SSSR count). The van der Waals surface area contributed by atoms with Gasteiger partial charge in [-0.15, -0.1) is 0 Å². The van der Waals surface area contributed by atoms with Crippen LogP contribution in [0.15, 0.2) is 53.4 Å². The molecular weight excluding hydrogens is 454 g/mol. The summed E-state index contributed by atoms with van der Waals surface area (Å²) in [6, 6.07) is 14.3. The molecule has 1 saturated heterocycles. The first-order chi connectivity index (χ1) is 15.9. The zero-order chi connectivity index (χ0) is 23.8. The van der Waals surface area contributed by atoms with Crippen molar-refractivity contribution in [1.82, 2.24) is 10.2 Å². The van der Waals surface area contributed by atoms with Crippen molar-refractivity contribution in [3.63, 3.8) is 0 Å². The smallest absolute Gasteiger partial charge is 0.387 e. The highest BCUT2D eigenvalue weighted by Crippen LogP contribution is 2.32. The van der Waals surface area contributed by atoms with Crippen LogP contribution < -0.4 is 15.4 Å². The fraction of sp³-hybridized carbons (Fsp3) is 0.182. The van der Waals surface area contributed by atoms with Crippen LogP contribution >= 0.6 is 11.8 Å². The van der Waals surface area contributed by atoms with E-state index < -0.39 is 17.8 Å². The lowest BCUT2D eigenvalue weighted by Crippen LogP contribution is -2.39. The minimum absolute atomic E-state index is 0.00573. The number of nitrogens with zero attached hydrogens (tertiary/aromatic N) is 2. The predicted octanol–water partition coefficient (Wildman–Crippen LogP) is 3.42. The maximum absolute atomic E-state index is 12.5. The monoisotopic (exact) mass is 472 g/mol. The number of amides is 3.